The number of carbonyl (C=O) groups is 2. The minimum Gasteiger partial charge on any atom is -0.326 e. The molecule has 2 heterocycles. The fourth-order valence-electron chi connectivity index (χ4n) is 3.31. The zero-order valence-electron chi connectivity index (χ0n) is 16.2. The van der Waals surface area contributed by atoms with Gasteiger partial charge in [-0.25, -0.2) is 13.4 Å². The molecule has 1 aromatic heterocycles. The number of nitrogens with one attached hydrogen (secondary N) is 2. The molecule has 3 aromatic rings. The minimum atomic E-state index is -3.51. The molecule has 8 nitrogen and oxygen atoms in total. The van der Waals surface area contributed by atoms with Gasteiger partial charge in [0, 0.05) is 31.3 Å². The topological polar surface area (TPSA) is 108 Å². The number of hydrogen-bond donors (Lipinski definition) is 2. The average Bonchev–Trinajstić information content (AvgIpc) is 3.37. The summed E-state index contributed by atoms with van der Waals surface area (Å²) in [6, 6.07) is 11.4. The number of benzene rings is 2. The smallest absolute Gasteiger partial charge is 0.257 e. The van der Waals surface area contributed by atoms with Gasteiger partial charge in [0.05, 0.1) is 15.1 Å². The van der Waals surface area contributed by atoms with E-state index in [9.17, 15) is 18.0 Å². The molecule has 0 atom stereocenters. The zero-order chi connectivity index (χ0) is 21.3. The third-order valence-corrected chi connectivity index (χ3v) is 7.56. The lowest BCUT2D eigenvalue weighted by atomic mass is 10.2. The highest BCUT2D eigenvalue weighted by Gasteiger charge is 2.27. The van der Waals surface area contributed by atoms with E-state index < -0.39 is 10.0 Å². The van der Waals surface area contributed by atoms with E-state index in [-0.39, 0.29) is 16.7 Å². The first-order valence-electron chi connectivity index (χ1n) is 9.43. The second-order valence-corrected chi connectivity index (χ2v) is 9.94. The molecule has 156 valence electrons. The fourth-order valence-corrected chi connectivity index (χ4v) is 5.83. The predicted octanol–water partition coefficient (Wildman–Crippen LogP) is 3.29. The molecule has 30 heavy (non-hydrogen) atoms. The first-order valence-corrected chi connectivity index (χ1v) is 11.7. The van der Waals surface area contributed by atoms with Crippen molar-refractivity contribution in [3.05, 3.63) is 48.0 Å². The van der Waals surface area contributed by atoms with Gasteiger partial charge >= 0.3 is 0 Å². The van der Waals surface area contributed by atoms with Crippen molar-refractivity contribution in [3.8, 4) is 0 Å². The predicted molar refractivity (Wildman–Crippen MR) is 116 cm³/mol. The van der Waals surface area contributed by atoms with E-state index >= 15 is 0 Å². The highest BCUT2D eigenvalue weighted by molar-refractivity contribution is 7.89. The molecule has 0 radical (unpaired) electrons. The van der Waals surface area contributed by atoms with Gasteiger partial charge in [0.25, 0.3) is 5.91 Å². The van der Waals surface area contributed by atoms with Crippen LogP contribution >= 0.6 is 11.3 Å². The fraction of sp³-hybridized carbons (Fsp3) is 0.250. The quantitative estimate of drug-likeness (QED) is 0.628. The molecule has 1 aliphatic rings. The Morgan fingerprint density at radius 3 is 2.57 bits per heavy atom. The van der Waals surface area contributed by atoms with E-state index in [0.29, 0.717) is 39.7 Å². The number of sulfonamides is 1. The van der Waals surface area contributed by atoms with E-state index in [0.717, 1.165) is 12.8 Å². The summed E-state index contributed by atoms with van der Waals surface area (Å²) in [7, 11) is -3.51. The molecular formula is C20H20N4O4S2. The van der Waals surface area contributed by atoms with Gasteiger partial charge in [-0.2, -0.15) is 4.31 Å². The number of thiazole rings is 1. The number of anilines is 2. The lowest BCUT2D eigenvalue weighted by molar-refractivity contribution is -0.114. The Morgan fingerprint density at radius 2 is 1.83 bits per heavy atom. The minimum absolute atomic E-state index is 0.224. The summed E-state index contributed by atoms with van der Waals surface area (Å²) in [4.78, 5) is 28.4. The second-order valence-electron chi connectivity index (χ2n) is 6.98. The van der Waals surface area contributed by atoms with Crippen molar-refractivity contribution in [2.24, 2.45) is 0 Å². The summed E-state index contributed by atoms with van der Waals surface area (Å²) in [5.41, 5.74) is 1.51. The van der Waals surface area contributed by atoms with Crippen LogP contribution in [-0.4, -0.2) is 42.6 Å². The van der Waals surface area contributed by atoms with Crippen LogP contribution in [0.25, 0.3) is 10.2 Å². The summed E-state index contributed by atoms with van der Waals surface area (Å²) < 4.78 is 27.7. The Bertz CT molecular complexity index is 1230. The summed E-state index contributed by atoms with van der Waals surface area (Å²) in [6.45, 7) is 2.48. The summed E-state index contributed by atoms with van der Waals surface area (Å²) in [5, 5.41) is 5.74. The van der Waals surface area contributed by atoms with E-state index in [2.05, 4.69) is 15.6 Å². The van der Waals surface area contributed by atoms with Crippen LogP contribution in [-0.2, 0) is 14.8 Å². The number of aromatic nitrogens is 1. The van der Waals surface area contributed by atoms with Crippen molar-refractivity contribution in [1.82, 2.24) is 9.29 Å². The Morgan fingerprint density at radius 1 is 1.07 bits per heavy atom. The molecule has 0 saturated carbocycles. The lowest BCUT2D eigenvalue weighted by Crippen LogP contribution is -2.27. The zero-order valence-corrected chi connectivity index (χ0v) is 17.8. The standard InChI is InChI=1S/C20H20N4O4S2/c1-13(25)21-15-6-4-5-14(11-15)19(26)23-20-22-17-8-7-16(12-18(17)29-20)30(27,28)24-9-2-3-10-24/h4-8,11-12H,2-3,9-10H2,1H3,(H,21,25)(H,22,23,26). The molecule has 0 bridgehead atoms. The number of rotatable bonds is 5. The largest absolute Gasteiger partial charge is 0.326 e. The molecule has 2 aromatic carbocycles. The Balaban J connectivity index is 1.55. The lowest BCUT2D eigenvalue weighted by Gasteiger charge is -2.15. The highest BCUT2D eigenvalue weighted by Crippen LogP contribution is 2.30. The third-order valence-electron chi connectivity index (χ3n) is 4.73. The normalized spacial score (nSPS) is 14.7. The van der Waals surface area contributed by atoms with Crippen LogP contribution in [0.1, 0.15) is 30.1 Å². The Hall–Kier alpha value is -2.82. The first kappa shape index (κ1) is 20.5. The van der Waals surface area contributed by atoms with Crippen molar-refractivity contribution in [2.45, 2.75) is 24.7 Å². The van der Waals surface area contributed by atoms with Gasteiger partial charge in [-0.1, -0.05) is 17.4 Å². The van der Waals surface area contributed by atoms with Crippen molar-refractivity contribution in [3.63, 3.8) is 0 Å². The third kappa shape index (κ3) is 4.20. The molecule has 0 spiro atoms. The van der Waals surface area contributed by atoms with E-state index in [1.165, 1.54) is 22.6 Å². The van der Waals surface area contributed by atoms with Crippen LogP contribution in [0.5, 0.6) is 0 Å². The molecule has 1 aliphatic heterocycles. The van der Waals surface area contributed by atoms with Gasteiger partial charge in [0.2, 0.25) is 15.9 Å². The maximum absolute atomic E-state index is 12.8. The summed E-state index contributed by atoms with van der Waals surface area (Å²) in [6.07, 6.45) is 1.75. The maximum Gasteiger partial charge on any atom is 0.257 e. The van der Waals surface area contributed by atoms with E-state index in [4.69, 9.17) is 0 Å². The van der Waals surface area contributed by atoms with Gasteiger partial charge in [-0.3, -0.25) is 14.9 Å². The average molecular weight is 445 g/mol. The number of hydrogen-bond acceptors (Lipinski definition) is 6. The van der Waals surface area contributed by atoms with Gasteiger partial charge in [0.1, 0.15) is 0 Å². The maximum atomic E-state index is 12.8. The first-order chi connectivity index (χ1) is 14.3. The number of nitrogens with zero attached hydrogens (tertiary/aromatic N) is 2. The van der Waals surface area contributed by atoms with E-state index in [1.54, 1.807) is 42.5 Å². The monoisotopic (exact) mass is 444 g/mol. The molecule has 2 N–H and O–H groups in total. The van der Waals surface area contributed by atoms with Crippen LogP contribution in [0.3, 0.4) is 0 Å². The van der Waals surface area contributed by atoms with Crippen LogP contribution in [0.15, 0.2) is 47.4 Å². The Kier molecular flexibility index (Phi) is 5.54. The summed E-state index contributed by atoms with van der Waals surface area (Å²) in [5.74, 6) is -0.593. The van der Waals surface area contributed by atoms with Crippen LogP contribution < -0.4 is 10.6 Å². The summed E-state index contributed by atoms with van der Waals surface area (Å²) >= 11 is 1.21. The molecule has 4 rings (SSSR count). The molecule has 10 heteroatoms. The number of carbonyl (C=O) groups excluding carboxylic acids is 2. The molecular weight excluding hydrogens is 424 g/mol. The number of fused-ring (bicyclic) bond motifs is 1. The van der Waals surface area contributed by atoms with Crippen molar-refractivity contribution in [1.29, 1.82) is 0 Å². The molecule has 1 saturated heterocycles. The van der Waals surface area contributed by atoms with Crippen LogP contribution in [0, 0.1) is 0 Å². The SMILES string of the molecule is CC(=O)Nc1cccc(C(=O)Nc2nc3ccc(S(=O)(=O)N4CCCC4)cc3s2)c1. The highest BCUT2D eigenvalue weighted by atomic mass is 32.2. The molecule has 1 fully saturated rings. The molecule has 0 aliphatic carbocycles. The van der Waals surface area contributed by atoms with Crippen LogP contribution in [0.2, 0.25) is 0 Å². The van der Waals surface area contributed by atoms with Crippen molar-refractivity contribution >= 4 is 54.2 Å². The van der Waals surface area contributed by atoms with Crippen molar-refractivity contribution in [2.75, 3.05) is 23.7 Å². The van der Waals surface area contributed by atoms with Gasteiger partial charge in [-0.05, 0) is 49.2 Å². The second kappa shape index (κ2) is 8.13. The Labute approximate surface area is 178 Å². The number of amides is 2. The van der Waals surface area contributed by atoms with Gasteiger partial charge in [0.15, 0.2) is 5.13 Å². The molecule has 0 unspecified atom stereocenters. The van der Waals surface area contributed by atoms with Gasteiger partial charge in [-0.15, -0.1) is 0 Å². The van der Waals surface area contributed by atoms with Gasteiger partial charge < -0.3 is 5.32 Å². The van der Waals surface area contributed by atoms with Crippen LogP contribution in [0.4, 0.5) is 10.8 Å². The van der Waals surface area contributed by atoms with Crippen molar-refractivity contribution < 1.29 is 18.0 Å². The van der Waals surface area contributed by atoms with E-state index in [1.807, 2.05) is 0 Å². The molecule has 2 amide bonds.